The summed E-state index contributed by atoms with van der Waals surface area (Å²) in [5.74, 6) is 0.928. The average Bonchev–Trinajstić information content (AvgIpc) is 3.48. The lowest BCUT2D eigenvalue weighted by molar-refractivity contribution is 0.237. The van der Waals surface area contributed by atoms with E-state index in [9.17, 15) is 0 Å². The molecule has 1 aliphatic rings. The van der Waals surface area contributed by atoms with Crippen LogP contribution in [0.2, 0.25) is 0 Å². The van der Waals surface area contributed by atoms with Gasteiger partial charge in [-0.05, 0) is 61.8 Å². The molecule has 0 spiro atoms. The van der Waals surface area contributed by atoms with E-state index in [-0.39, 0.29) is 0 Å². The van der Waals surface area contributed by atoms with Crippen molar-refractivity contribution in [2.45, 2.75) is 19.4 Å². The Morgan fingerprint density at radius 3 is 2.87 bits per heavy atom. The van der Waals surface area contributed by atoms with Crippen LogP contribution in [-0.2, 0) is 6.54 Å². The minimum absolute atomic E-state index is 0.710. The fraction of sp³-hybridized carbons (Fsp3) is 0.292. The van der Waals surface area contributed by atoms with Gasteiger partial charge in [0.15, 0.2) is 5.13 Å². The van der Waals surface area contributed by atoms with Gasteiger partial charge in [-0.2, -0.15) is 0 Å². The van der Waals surface area contributed by atoms with E-state index in [0.29, 0.717) is 6.54 Å². The number of rotatable bonds is 8. The summed E-state index contributed by atoms with van der Waals surface area (Å²) in [5.41, 5.74) is 4.16. The van der Waals surface area contributed by atoms with Gasteiger partial charge in [-0.1, -0.05) is 29.5 Å². The number of nitrogens with one attached hydrogen (secondary N) is 1. The van der Waals surface area contributed by atoms with Gasteiger partial charge in [0.2, 0.25) is 0 Å². The lowest BCUT2D eigenvalue weighted by Crippen LogP contribution is -2.25. The summed E-state index contributed by atoms with van der Waals surface area (Å²) in [7, 11) is 0. The molecule has 0 unspecified atom stereocenters. The number of thiazole rings is 1. The molecule has 3 heterocycles. The van der Waals surface area contributed by atoms with Crippen molar-refractivity contribution >= 4 is 26.7 Å². The normalized spacial score (nSPS) is 14.2. The van der Waals surface area contributed by atoms with E-state index in [1.54, 1.807) is 23.9 Å². The fourth-order valence-electron chi connectivity index (χ4n) is 3.84. The smallest absolute Gasteiger partial charge is 0.184 e. The molecule has 0 saturated carbocycles. The summed E-state index contributed by atoms with van der Waals surface area (Å²) in [6.07, 6.45) is 5.96. The highest BCUT2D eigenvalue weighted by Crippen LogP contribution is 2.30. The predicted molar refractivity (Wildman–Crippen MR) is 126 cm³/mol. The Kier molecular flexibility index (Phi) is 6.04. The molecular formula is C24H25N5OS. The molecule has 0 amide bonds. The van der Waals surface area contributed by atoms with Crippen LogP contribution < -0.4 is 10.1 Å². The van der Waals surface area contributed by atoms with Crippen LogP contribution >= 0.6 is 11.3 Å². The van der Waals surface area contributed by atoms with Crippen LogP contribution in [0.1, 0.15) is 18.4 Å². The van der Waals surface area contributed by atoms with Crippen LogP contribution in [0, 0.1) is 0 Å². The van der Waals surface area contributed by atoms with Gasteiger partial charge < -0.3 is 10.1 Å². The maximum atomic E-state index is 5.97. The first-order chi connectivity index (χ1) is 15.3. The zero-order valence-corrected chi connectivity index (χ0v) is 18.1. The van der Waals surface area contributed by atoms with Crippen molar-refractivity contribution in [3.63, 3.8) is 0 Å². The van der Waals surface area contributed by atoms with Crippen LogP contribution in [0.3, 0.4) is 0 Å². The molecular weight excluding hydrogens is 406 g/mol. The van der Waals surface area contributed by atoms with Crippen molar-refractivity contribution in [3.05, 3.63) is 66.6 Å². The minimum Gasteiger partial charge on any atom is -0.492 e. The van der Waals surface area contributed by atoms with Gasteiger partial charge in [0.05, 0.1) is 15.9 Å². The molecule has 1 saturated heterocycles. The number of hydrogen-bond acceptors (Lipinski definition) is 7. The van der Waals surface area contributed by atoms with Crippen molar-refractivity contribution in [3.8, 4) is 17.0 Å². The van der Waals surface area contributed by atoms with Gasteiger partial charge in [0, 0.05) is 24.8 Å². The molecule has 158 valence electrons. The molecule has 0 bridgehead atoms. The lowest BCUT2D eigenvalue weighted by Gasteiger charge is -2.15. The molecule has 0 atom stereocenters. The molecule has 4 aromatic rings. The zero-order chi connectivity index (χ0) is 20.9. The van der Waals surface area contributed by atoms with Crippen molar-refractivity contribution in [1.29, 1.82) is 0 Å². The molecule has 5 rings (SSSR count). The van der Waals surface area contributed by atoms with Crippen molar-refractivity contribution < 1.29 is 4.74 Å². The van der Waals surface area contributed by atoms with Crippen molar-refractivity contribution in [2.24, 2.45) is 0 Å². The van der Waals surface area contributed by atoms with E-state index >= 15 is 0 Å². The second-order valence-electron chi connectivity index (χ2n) is 7.69. The predicted octanol–water partition coefficient (Wildman–Crippen LogP) is 4.84. The summed E-state index contributed by atoms with van der Waals surface area (Å²) < 4.78 is 7.11. The number of aromatic nitrogens is 3. The molecule has 1 aliphatic heterocycles. The molecule has 2 aromatic heterocycles. The Balaban J connectivity index is 1.20. The van der Waals surface area contributed by atoms with Gasteiger partial charge in [-0.25, -0.2) is 15.0 Å². The first-order valence-electron chi connectivity index (χ1n) is 10.7. The van der Waals surface area contributed by atoms with Gasteiger partial charge in [0.25, 0.3) is 0 Å². The summed E-state index contributed by atoms with van der Waals surface area (Å²) in [6, 6.07) is 16.4. The standard InChI is InChI=1S/C24H25N5OS/c1-2-11-29(10-1)12-13-30-20-5-3-4-18(14-20)16-26-24-28-22-7-6-19(15-23(22)31-24)21-8-9-25-17-27-21/h3-9,14-15,17H,1-2,10-13,16H2,(H,26,28). The van der Waals surface area contributed by atoms with E-state index in [2.05, 4.69) is 50.5 Å². The topological polar surface area (TPSA) is 63.2 Å². The first-order valence-corrected chi connectivity index (χ1v) is 11.5. The lowest BCUT2D eigenvalue weighted by atomic mass is 10.1. The third kappa shape index (κ3) is 5.00. The van der Waals surface area contributed by atoms with Gasteiger partial charge in [-0.3, -0.25) is 4.90 Å². The van der Waals surface area contributed by atoms with Crippen LogP contribution in [0.15, 0.2) is 61.1 Å². The highest BCUT2D eigenvalue weighted by Gasteiger charge is 2.11. The van der Waals surface area contributed by atoms with Crippen molar-refractivity contribution in [2.75, 3.05) is 31.6 Å². The van der Waals surface area contributed by atoms with Gasteiger partial charge in [0.1, 0.15) is 18.7 Å². The molecule has 1 N–H and O–H groups in total. The number of benzene rings is 2. The van der Waals surface area contributed by atoms with E-state index < -0.39 is 0 Å². The van der Waals surface area contributed by atoms with E-state index in [1.165, 1.54) is 31.5 Å². The Bertz CT molecular complexity index is 1140. The zero-order valence-electron chi connectivity index (χ0n) is 17.3. The summed E-state index contributed by atoms with van der Waals surface area (Å²) >= 11 is 1.66. The summed E-state index contributed by atoms with van der Waals surface area (Å²) in [4.78, 5) is 15.5. The van der Waals surface area contributed by atoms with Gasteiger partial charge >= 0.3 is 0 Å². The second kappa shape index (κ2) is 9.41. The highest BCUT2D eigenvalue weighted by atomic mass is 32.1. The monoisotopic (exact) mass is 431 g/mol. The van der Waals surface area contributed by atoms with E-state index in [4.69, 9.17) is 9.72 Å². The van der Waals surface area contributed by atoms with E-state index in [0.717, 1.165) is 45.5 Å². The summed E-state index contributed by atoms with van der Waals surface area (Å²) in [6.45, 7) is 4.86. The number of hydrogen-bond donors (Lipinski definition) is 1. The number of fused-ring (bicyclic) bond motifs is 1. The highest BCUT2D eigenvalue weighted by molar-refractivity contribution is 7.22. The molecule has 0 radical (unpaired) electrons. The Morgan fingerprint density at radius 1 is 1.06 bits per heavy atom. The molecule has 7 heteroatoms. The maximum absolute atomic E-state index is 5.97. The SMILES string of the molecule is c1cc(CNc2nc3ccc(-c4ccncn4)cc3s2)cc(OCCN2CCCC2)c1. The third-order valence-corrected chi connectivity index (χ3v) is 6.46. The van der Waals surface area contributed by atoms with Crippen LogP contribution in [0.25, 0.3) is 21.5 Å². The maximum Gasteiger partial charge on any atom is 0.184 e. The molecule has 0 aliphatic carbocycles. The third-order valence-electron chi connectivity index (χ3n) is 5.48. The first kappa shape index (κ1) is 19.9. The Hall–Kier alpha value is -3.03. The van der Waals surface area contributed by atoms with Crippen molar-refractivity contribution in [1.82, 2.24) is 19.9 Å². The van der Waals surface area contributed by atoms with Crippen LogP contribution in [0.4, 0.5) is 5.13 Å². The Morgan fingerprint density at radius 2 is 2.00 bits per heavy atom. The largest absolute Gasteiger partial charge is 0.492 e. The minimum atomic E-state index is 0.710. The second-order valence-corrected chi connectivity index (χ2v) is 8.72. The fourth-order valence-corrected chi connectivity index (χ4v) is 4.74. The molecule has 1 fully saturated rings. The number of likely N-dealkylation sites (tertiary alicyclic amines) is 1. The number of nitrogens with zero attached hydrogens (tertiary/aromatic N) is 4. The number of ether oxygens (including phenoxy) is 1. The average molecular weight is 432 g/mol. The van der Waals surface area contributed by atoms with Crippen LogP contribution in [0.5, 0.6) is 5.75 Å². The summed E-state index contributed by atoms with van der Waals surface area (Å²) in [5, 5.41) is 4.37. The molecule has 2 aromatic carbocycles. The molecule has 6 nitrogen and oxygen atoms in total. The molecule has 31 heavy (non-hydrogen) atoms. The van der Waals surface area contributed by atoms with Gasteiger partial charge in [-0.15, -0.1) is 0 Å². The Labute approximate surface area is 185 Å². The number of anilines is 1. The van der Waals surface area contributed by atoms with E-state index in [1.807, 2.05) is 18.2 Å². The quantitative estimate of drug-likeness (QED) is 0.431. The van der Waals surface area contributed by atoms with Crippen LogP contribution in [-0.4, -0.2) is 46.1 Å².